The third-order valence-electron chi connectivity index (χ3n) is 3.08. The quantitative estimate of drug-likeness (QED) is 0.627. The number of hydrogen-bond donors (Lipinski definition) is 3. The molecule has 0 bridgehead atoms. The maximum atomic E-state index is 11.9. The topological polar surface area (TPSA) is 87.7 Å². The Kier molecular flexibility index (Phi) is 7.44. The van der Waals surface area contributed by atoms with Crippen LogP contribution in [0.3, 0.4) is 0 Å². The van der Waals surface area contributed by atoms with Crippen molar-refractivity contribution >= 4 is 12.0 Å². The van der Waals surface area contributed by atoms with Crippen molar-refractivity contribution in [1.82, 2.24) is 10.6 Å². The number of rotatable bonds is 8. The zero-order valence-corrected chi connectivity index (χ0v) is 12.4. The first-order valence-electron chi connectivity index (χ1n) is 6.57. The van der Waals surface area contributed by atoms with Gasteiger partial charge in [0.25, 0.3) is 0 Å². The first-order valence-corrected chi connectivity index (χ1v) is 6.57. The third kappa shape index (κ3) is 5.92. The number of methoxy groups -OCH3 is 1. The van der Waals surface area contributed by atoms with E-state index in [1.54, 1.807) is 7.11 Å². The average molecular weight is 274 g/mol. The van der Waals surface area contributed by atoms with Gasteiger partial charge in [0.2, 0.25) is 0 Å². The highest BCUT2D eigenvalue weighted by atomic mass is 16.5. The second-order valence-electron chi connectivity index (χ2n) is 5.29. The molecule has 0 aliphatic rings. The number of aliphatic carboxylic acids is 1. The molecule has 0 spiro atoms. The van der Waals surface area contributed by atoms with Crippen LogP contribution in [0.25, 0.3) is 0 Å². The van der Waals surface area contributed by atoms with E-state index in [0.29, 0.717) is 19.4 Å². The monoisotopic (exact) mass is 274 g/mol. The van der Waals surface area contributed by atoms with E-state index in [4.69, 9.17) is 4.74 Å². The van der Waals surface area contributed by atoms with Crippen LogP contribution in [-0.4, -0.2) is 42.4 Å². The fourth-order valence-electron chi connectivity index (χ4n) is 1.76. The van der Waals surface area contributed by atoms with Gasteiger partial charge in [0.05, 0.1) is 12.6 Å². The molecule has 0 aliphatic heterocycles. The van der Waals surface area contributed by atoms with Gasteiger partial charge in [-0.15, -0.1) is 0 Å². The highest BCUT2D eigenvalue weighted by Gasteiger charge is 2.34. The van der Waals surface area contributed by atoms with Gasteiger partial charge in [-0.25, -0.2) is 9.59 Å². The van der Waals surface area contributed by atoms with Crippen LogP contribution in [0.5, 0.6) is 0 Å². The number of carbonyl (C=O) groups is 2. The molecule has 0 aliphatic carbocycles. The summed E-state index contributed by atoms with van der Waals surface area (Å²) in [5, 5.41) is 14.5. The summed E-state index contributed by atoms with van der Waals surface area (Å²) in [5.41, 5.74) is -1.24. The summed E-state index contributed by atoms with van der Waals surface area (Å²) in [6.45, 7) is 7.71. The summed E-state index contributed by atoms with van der Waals surface area (Å²) < 4.78 is 5.03. The predicted octanol–water partition coefficient (Wildman–Crippen LogP) is 1.60. The van der Waals surface area contributed by atoms with Crippen LogP contribution < -0.4 is 10.6 Å². The van der Waals surface area contributed by atoms with E-state index in [0.717, 1.165) is 0 Å². The van der Waals surface area contributed by atoms with Crippen LogP contribution in [0.4, 0.5) is 4.79 Å². The molecule has 112 valence electrons. The molecule has 0 rings (SSSR count). The van der Waals surface area contributed by atoms with Crippen LogP contribution in [0.1, 0.15) is 40.5 Å². The summed E-state index contributed by atoms with van der Waals surface area (Å²) >= 11 is 0. The molecule has 2 amide bonds. The van der Waals surface area contributed by atoms with Crippen molar-refractivity contribution < 1.29 is 19.4 Å². The van der Waals surface area contributed by atoms with E-state index < -0.39 is 17.5 Å². The lowest BCUT2D eigenvalue weighted by Gasteiger charge is -2.28. The number of carboxylic acid groups (broad SMARTS) is 1. The Morgan fingerprint density at radius 2 is 1.95 bits per heavy atom. The minimum atomic E-state index is -1.24. The minimum Gasteiger partial charge on any atom is -0.480 e. The second kappa shape index (κ2) is 7.99. The second-order valence-corrected chi connectivity index (χ2v) is 5.29. The van der Waals surface area contributed by atoms with Gasteiger partial charge in [-0.05, 0) is 19.3 Å². The van der Waals surface area contributed by atoms with E-state index in [2.05, 4.69) is 10.6 Å². The van der Waals surface area contributed by atoms with Crippen LogP contribution in [0.2, 0.25) is 0 Å². The molecule has 0 saturated heterocycles. The number of urea groups is 1. The number of hydrogen-bond acceptors (Lipinski definition) is 3. The standard InChI is InChI=1S/C13H26N2O4/c1-6-7-13(4,11(16)17)15-12(18)14-10(8-19-5)9(2)3/h9-10H,6-8H2,1-5H3,(H,16,17)(H2,14,15,18). The van der Waals surface area contributed by atoms with E-state index in [9.17, 15) is 14.7 Å². The van der Waals surface area contributed by atoms with E-state index in [1.165, 1.54) is 6.92 Å². The first-order chi connectivity index (χ1) is 8.76. The largest absolute Gasteiger partial charge is 0.480 e. The molecular formula is C13H26N2O4. The summed E-state index contributed by atoms with van der Waals surface area (Å²) in [4.78, 5) is 23.1. The maximum absolute atomic E-state index is 11.9. The fraction of sp³-hybridized carbons (Fsp3) is 0.846. The van der Waals surface area contributed by atoms with Gasteiger partial charge >= 0.3 is 12.0 Å². The first kappa shape index (κ1) is 17.7. The van der Waals surface area contributed by atoms with Crippen molar-refractivity contribution in [1.29, 1.82) is 0 Å². The lowest BCUT2D eigenvalue weighted by atomic mass is 9.96. The molecular weight excluding hydrogens is 248 g/mol. The molecule has 2 atom stereocenters. The van der Waals surface area contributed by atoms with Crippen molar-refractivity contribution in [2.75, 3.05) is 13.7 Å². The van der Waals surface area contributed by atoms with Crippen LogP contribution >= 0.6 is 0 Å². The van der Waals surface area contributed by atoms with Crippen molar-refractivity contribution in [3.8, 4) is 0 Å². The van der Waals surface area contributed by atoms with Crippen LogP contribution in [0.15, 0.2) is 0 Å². The molecule has 0 fully saturated rings. The van der Waals surface area contributed by atoms with Gasteiger partial charge < -0.3 is 20.5 Å². The number of amides is 2. The summed E-state index contributed by atoms with van der Waals surface area (Å²) in [5.74, 6) is -0.828. The molecule has 19 heavy (non-hydrogen) atoms. The Morgan fingerprint density at radius 1 is 1.37 bits per heavy atom. The lowest BCUT2D eigenvalue weighted by Crippen LogP contribution is -2.57. The molecule has 0 radical (unpaired) electrons. The molecule has 3 N–H and O–H groups in total. The molecule has 0 heterocycles. The zero-order valence-electron chi connectivity index (χ0n) is 12.4. The molecule has 6 nitrogen and oxygen atoms in total. The van der Waals surface area contributed by atoms with E-state index in [-0.39, 0.29) is 12.0 Å². The highest BCUT2D eigenvalue weighted by molar-refractivity contribution is 5.85. The van der Waals surface area contributed by atoms with Crippen molar-refractivity contribution in [3.05, 3.63) is 0 Å². The molecule has 6 heteroatoms. The van der Waals surface area contributed by atoms with Crippen molar-refractivity contribution in [2.45, 2.75) is 52.1 Å². The van der Waals surface area contributed by atoms with Gasteiger partial charge in [0.15, 0.2) is 0 Å². The van der Waals surface area contributed by atoms with Gasteiger partial charge in [-0.2, -0.15) is 0 Å². The van der Waals surface area contributed by atoms with Gasteiger partial charge in [0.1, 0.15) is 5.54 Å². The number of carbonyl (C=O) groups excluding carboxylic acids is 1. The van der Waals surface area contributed by atoms with Gasteiger partial charge in [0, 0.05) is 7.11 Å². The average Bonchev–Trinajstić information content (AvgIpc) is 2.28. The number of nitrogens with one attached hydrogen (secondary N) is 2. The summed E-state index contributed by atoms with van der Waals surface area (Å²) in [6, 6.07) is -0.626. The van der Waals surface area contributed by atoms with Gasteiger partial charge in [-0.3, -0.25) is 0 Å². The van der Waals surface area contributed by atoms with Crippen LogP contribution in [-0.2, 0) is 9.53 Å². The Bertz CT molecular complexity index is 307. The van der Waals surface area contributed by atoms with Crippen molar-refractivity contribution in [2.24, 2.45) is 5.92 Å². The molecule has 2 unspecified atom stereocenters. The molecule has 0 aromatic rings. The molecule has 0 aromatic carbocycles. The summed E-state index contributed by atoms with van der Waals surface area (Å²) in [6.07, 6.45) is 1.06. The Hall–Kier alpha value is -1.30. The normalized spacial score (nSPS) is 15.7. The third-order valence-corrected chi connectivity index (χ3v) is 3.08. The fourth-order valence-corrected chi connectivity index (χ4v) is 1.76. The Labute approximate surface area is 114 Å². The van der Waals surface area contributed by atoms with Crippen molar-refractivity contribution in [3.63, 3.8) is 0 Å². The predicted molar refractivity (Wildman–Crippen MR) is 73.1 cm³/mol. The SMILES string of the molecule is CCCC(C)(NC(=O)NC(COC)C(C)C)C(=O)O. The molecule has 0 saturated carbocycles. The summed E-state index contributed by atoms with van der Waals surface area (Å²) in [7, 11) is 1.56. The van der Waals surface area contributed by atoms with E-state index in [1.807, 2.05) is 20.8 Å². The van der Waals surface area contributed by atoms with E-state index >= 15 is 0 Å². The highest BCUT2D eigenvalue weighted by Crippen LogP contribution is 2.12. The molecule has 0 aromatic heterocycles. The van der Waals surface area contributed by atoms with Crippen LogP contribution in [0, 0.1) is 5.92 Å². The smallest absolute Gasteiger partial charge is 0.329 e. The lowest BCUT2D eigenvalue weighted by molar-refractivity contribution is -0.144. The zero-order chi connectivity index (χ0) is 15.1. The van der Waals surface area contributed by atoms with Gasteiger partial charge in [-0.1, -0.05) is 27.2 Å². The number of carboxylic acids is 1. The Morgan fingerprint density at radius 3 is 2.32 bits per heavy atom. The minimum absolute atomic E-state index is 0.148. The Balaban J connectivity index is 4.60. The number of ether oxygens (including phenoxy) is 1. The maximum Gasteiger partial charge on any atom is 0.329 e.